The van der Waals surface area contributed by atoms with Crippen LogP contribution in [0.3, 0.4) is 0 Å². The van der Waals surface area contributed by atoms with Crippen molar-refractivity contribution in [1.29, 1.82) is 0 Å². The molecule has 0 atom stereocenters. The van der Waals surface area contributed by atoms with Gasteiger partial charge in [-0.25, -0.2) is 9.97 Å². The van der Waals surface area contributed by atoms with E-state index in [-0.39, 0.29) is 0 Å². The van der Waals surface area contributed by atoms with Gasteiger partial charge in [0.15, 0.2) is 10.9 Å². The predicted molar refractivity (Wildman–Crippen MR) is 45.4 cm³/mol. The quantitative estimate of drug-likeness (QED) is 0.438. The maximum Gasteiger partial charge on any atom is 0.376 e. The van der Waals surface area contributed by atoms with E-state index in [9.17, 15) is 9.13 Å². The van der Waals surface area contributed by atoms with Crippen LogP contribution in [0.15, 0.2) is 12.4 Å². The minimum atomic E-state index is -4.52. The highest BCUT2D eigenvalue weighted by atomic mass is 31.2. The molecule has 0 saturated heterocycles. The van der Waals surface area contributed by atoms with Crippen molar-refractivity contribution in [2.24, 2.45) is 0 Å². The highest BCUT2D eigenvalue weighted by molar-refractivity contribution is 7.60. The lowest BCUT2D eigenvalue weighted by Crippen LogP contribution is -2.18. The normalized spacial score (nSPS) is 12.9. The Bertz CT molecular complexity index is 377. The molecule has 1 aromatic heterocycles. The minimum Gasteiger partial charge on any atom is -0.320 e. The summed E-state index contributed by atoms with van der Waals surface area (Å²) in [4.78, 5) is 40.8. The van der Waals surface area contributed by atoms with Crippen molar-refractivity contribution in [3.63, 3.8) is 0 Å². The van der Waals surface area contributed by atoms with Gasteiger partial charge < -0.3 is 19.6 Å². The predicted octanol–water partition coefficient (Wildman–Crippen LogP) is -1.92. The lowest BCUT2D eigenvalue weighted by atomic mass is 10.8. The highest BCUT2D eigenvalue weighted by Crippen LogP contribution is 2.33. The van der Waals surface area contributed by atoms with Crippen molar-refractivity contribution in [1.82, 2.24) is 9.97 Å². The Kier molecular flexibility index (Phi) is 2.87. The van der Waals surface area contributed by atoms with Gasteiger partial charge in [0.25, 0.3) is 0 Å². The van der Waals surface area contributed by atoms with Crippen LogP contribution in [0.5, 0.6) is 0 Å². The highest BCUT2D eigenvalue weighted by Gasteiger charge is 2.23. The lowest BCUT2D eigenvalue weighted by Gasteiger charge is -2.04. The monoisotopic (exact) mass is 240 g/mol. The van der Waals surface area contributed by atoms with Crippen LogP contribution in [0, 0.1) is 0 Å². The largest absolute Gasteiger partial charge is 0.376 e. The van der Waals surface area contributed by atoms with E-state index in [1.165, 1.54) is 0 Å². The zero-order valence-electron chi connectivity index (χ0n) is 6.55. The molecule has 0 bridgehead atoms. The summed E-state index contributed by atoms with van der Waals surface area (Å²) < 4.78 is 21.2. The molecule has 0 radical (unpaired) electrons. The zero-order valence-corrected chi connectivity index (χ0v) is 8.34. The molecule has 0 amide bonds. The Morgan fingerprint density at radius 2 is 1.14 bits per heavy atom. The van der Waals surface area contributed by atoms with Gasteiger partial charge in [0.05, 0.1) is 12.4 Å². The summed E-state index contributed by atoms with van der Waals surface area (Å²) in [6, 6.07) is 0. The number of rotatable bonds is 2. The summed E-state index contributed by atoms with van der Waals surface area (Å²) in [6.45, 7) is 0. The topological polar surface area (TPSA) is 141 Å². The second-order valence-electron chi connectivity index (χ2n) is 2.32. The molecule has 8 nitrogen and oxygen atoms in total. The molecular formula is C4H6N2O6P2. The van der Waals surface area contributed by atoms with Gasteiger partial charge in [0, 0.05) is 0 Å². The van der Waals surface area contributed by atoms with E-state index in [1.807, 2.05) is 0 Å². The molecule has 1 heterocycles. The van der Waals surface area contributed by atoms with Crippen molar-refractivity contribution >= 4 is 26.1 Å². The summed E-state index contributed by atoms with van der Waals surface area (Å²) in [5.74, 6) is 0. The fourth-order valence-corrected chi connectivity index (χ4v) is 1.45. The van der Waals surface area contributed by atoms with Gasteiger partial charge in [0.1, 0.15) is 0 Å². The van der Waals surface area contributed by atoms with E-state index in [2.05, 4.69) is 9.97 Å². The fraction of sp³-hybridized carbons (Fsp3) is 0. The first-order chi connectivity index (χ1) is 6.21. The third-order valence-electron chi connectivity index (χ3n) is 1.22. The second kappa shape index (κ2) is 3.51. The van der Waals surface area contributed by atoms with E-state index < -0.39 is 26.1 Å². The zero-order chi connectivity index (χ0) is 11.0. The molecule has 1 rings (SSSR count). The van der Waals surface area contributed by atoms with Crippen LogP contribution >= 0.6 is 15.2 Å². The average Bonchev–Trinajstić information content (AvgIpc) is 2.01. The Morgan fingerprint density at radius 1 is 0.857 bits per heavy atom. The van der Waals surface area contributed by atoms with E-state index in [0.717, 1.165) is 0 Å². The third kappa shape index (κ3) is 2.68. The SMILES string of the molecule is O=P(O)(O)c1cnc(P(=O)(O)O)cn1. The second-order valence-corrected chi connectivity index (χ2v) is 5.41. The molecule has 14 heavy (non-hydrogen) atoms. The summed E-state index contributed by atoms with van der Waals surface area (Å²) in [5, 5.41) is 0. The van der Waals surface area contributed by atoms with E-state index in [0.29, 0.717) is 12.4 Å². The van der Waals surface area contributed by atoms with Gasteiger partial charge in [-0.15, -0.1) is 0 Å². The van der Waals surface area contributed by atoms with Crippen LogP contribution in [-0.4, -0.2) is 29.5 Å². The van der Waals surface area contributed by atoms with Crippen molar-refractivity contribution < 1.29 is 28.7 Å². The van der Waals surface area contributed by atoms with Crippen LogP contribution in [0.1, 0.15) is 0 Å². The molecule has 4 N–H and O–H groups in total. The standard InChI is InChI=1S/C4H6N2O6P2/c7-13(8,9)3-1-5-4(2-6-3)14(10,11)12/h1-2H,(H2,7,8,9)(H2,10,11,12). The molecule has 0 aromatic carbocycles. The fourth-order valence-electron chi connectivity index (χ4n) is 0.615. The van der Waals surface area contributed by atoms with Crippen molar-refractivity contribution in [2.75, 3.05) is 0 Å². The van der Waals surface area contributed by atoms with Crippen LogP contribution < -0.4 is 10.9 Å². The van der Waals surface area contributed by atoms with E-state index >= 15 is 0 Å². The van der Waals surface area contributed by atoms with Crippen LogP contribution in [0.2, 0.25) is 0 Å². The van der Waals surface area contributed by atoms with Crippen molar-refractivity contribution in [2.45, 2.75) is 0 Å². The lowest BCUT2D eigenvalue weighted by molar-refractivity contribution is 0.382. The first kappa shape index (κ1) is 11.5. The molecule has 0 spiro atoms. The molecule has 10 heteroatoms. The maximum absolute atomic E-state index is 10.6. The molecule has 0 aliphatic carbocycles. The van der Waals surface area contributed by atoms with Gasteiger partial charge in [0.2, 0.25) is 0 Å². The minimum absolute atomic E-state index is 0.630. The number of hydrogen-bond donors (Lipinski definition) is 4. The molecule has 0 fully saturated rings. The van der Waals surface area contributed by atoms with Crippen LogP contribution in [0.4, 0.5) is 0 Å². The Morgan fingerprint density at radius 3 is 1.29 bits per heavy atom. The maximum atomic E-state index is 10.6. The molecule has 78 valence electrons. The van der Waals surface area contributed by atoms with E-state index in [1.54, 1.807) is 0 Å². The third-order valence-corrected chi connectivity index (χ3v) is 2.88. The Hall–Kier alpha value is -0.620. The van der Waals surface area contributed by atoms with Gasteiger partial charge in [-0.05, 0) is 0 Å². The molecule has 0 aliphatic rings. The van der Waals surface area contributed by atoms with Gasteiger partial charge >= 0.3 is 15.2 Å². The summed E-state index contributed by atoms with van der Waals surface area (Å²) >= 11 is 0. The first-order valence-corrected chi connectivity index (χ1v) is 6.38. The Labute approximate surface area is 78.0 Å². The first-order valence-electron chi connectivity index (χ1n) is 3.15. The molecule has 0 aliphatic heterocycles. The van der Waals surface area contributed by atoms with Gasteiger partial charge in [-0.2, -0.15) is 0 Å². The number of hydrogen-bond acceptors (Lipinski definition) is 4. The summed E-state index contributed by atoms with van der Waals surface area (Å²) in [5.41, 5.74) is -1.26. The summed E-state index contributed by atoms with van der Waals surface area (Å²) in [6.07, 6.45) is 1.27. The van der Waals surface area contributed by atoms with E-state index in [4.69, 9.17) is 19.6 Å². The van der Waals surface area contributed by atoms with Gasteiger partial charge in [-0.3, -0.25) is 9.13 Å². The molecule has 0 saturated carbocycles. The molecule has 0 unspecified atom stereocenters. The van der Waals surface area contributed by atoms with Gasteiger partial charge in [-0.1, -0.05) is 0 Å². The number of aromatic nitrogens is 2. The average molecular weight is 240 g/mol. The molecule has 1 aromatic rings. The molecular weight excluding hydrogens is 234 g/mol. The van der Waals surface area contributed by atoms with Crippen molar-refractivity contribution in [3.8, 4) is 0 Å². The summed E-state index contributed by atoms with van der Waals surface area (Å²) in [7, 11) is -9.03. The smallest absolute Gasteiger partial charge is 0.320 e. The number of nitrogens with zero attached hydrogens (tertiary/aromatic N) is 2. The Balaban J connectivity index is 3.14. The van der Waals surface area contributed by atoms with Crippen LogP contribution in [0.25, 0.3) is 0 Å². The van der Waals surface area contributed by atoms with Crippen molar-refractivity contribution in [3.05, 3.63) is 12.4 Å². The van der Waals surface area contributed by atoms with Crippen LogP contribution in [-0.2, 0) is 9.13 Å².